The van der Waals surface area contributed by atoms with E-state index in [1.807, 2.05) is 18.2 Å². The largest absolute Gasteiger partial charge is 0.384 e. The highest BCUT2D eigenvalue weighted by molar-refractivity contribution is 5.28. The number of nitrogens with two attached hydrogens (primary N) is 1. The van der Waals surface area contributed by atoms with Crippen molar-refractivity contribution in [1.82, 2.24) is 14.8 Å². The highest BCUT2D eigenvalue weighted by atomic mass is 15.3. The first-order chi connectivity index (χ1) is 7.65. The van der Waals surface area contributed by atoms with Gasteiger partial charge in [-0.15, -0.1) is 0 Å². The summed E-state index contributed by atoms with van der Waals surface area (Å²) in [5, 5.41) is 0. The summed E-state index contributed by atoms with van der Waals surface area (Å²) in [6.45, 7) is 6.51. The van der Waals surface area contributed by atoms with Gasteiger partial charge in [0, 0.05) is 32.2 Å². The van der Waals surface area contributed by atoms with Gasteiger partial charge in [0.2, 0.25) is 0 Å². The number of likely N-dealkylation sites (N-methyl/N-ethyl adjacent to an activating group) is 1. The minimum absolute atomic E-state index is 0.611. The van der Waals surface area contributed by atoms with Gasteiger partial charge in [-0.1, -0.05) is 6.07 Å². The van der Waals surface area contributed by atoms with Gasteiger partial charge in [-0.2, -0.15) is 0 Å². The Hall–Kier alpha value is -1.13. The third-order valence-electron chi connectivity index (χ3n) is 3.26. The molecule has 0 amide bonds. The van der Waals surface area contributed by atoms with Crippen LogP contribution in [0.15, 0.2) is 18.2 Å². The molecule has 0 saturated carbocycles. The summed E-state index contributed by atoms with van der Waals surface area (Å²) in [6, 6.07) is 6.46. The number of nitrogen functional groups attached to an aromatic ring is 1. The molecule has 16 heavy (non-hydrogen) atoms. The van der Waals surface area contributed by atoms with Crippen molar-refractivity contribution in [2.45, 2.75) is 19.5 Å². The monoisotopic (exact) mass is 220 g/mol. The van der Waals surface area contributed by atoms with Crippen LogP contribution in [-0.2, 0) is 6.54 Å². The number of hydrogen-bond donors (Lipinski definition) is 1. The molecule has 0 aliphatic carbocycles. The molecule has 2 heterocycles. The maximum atomic E-state index is 5.68. The zero-order chi connectivity index (χ0) is 11.5. The maximum absolute atomic E-state index is 5.68. The van der Waals surface area contributed by atoms with E-state index in [-0.39, 0.29) is 0 Å². The second-order valence-corrected chi connectivity index (χ2v) is 4.62. The molecule has 1 aromatic heterocycles. The van der Waals surface area contributed by atoms with Crippen molar-refractivity contribution in [2.75, 3.05) is 32.4 Å². The summed E-state index contributed by atoms with van der Waals surface area (Å²) in [4.78, 5) is 9.16. The van der Waals surface area contributed by atoms with Crippen LogP contribution in [0.3, 0.4) is 0 Å². The molecule has 2 N–H and O–H groups in total. The van der Waals surface area contributed by atoms with E-state index in [1.165, 1.54) is 0 Å². The first-order valence-corrected chi connectivity index (χ1v) is 5.79. The smallest absolute Gasteiger partial charge is 0.123 e. The maximum Gasteiger partial charge on any atom is 0.123 e. The highest BCUT2D eigenvalue weighted by Crippen LogP contribution is 2.11. The van der Waals surface area contributed by atoms with Crippen LogP contribution in [0.5, 0.6) is 0 Å². The summed E-state index contributed by atoms with van der Waals surface area (Å²) in [5.74, 6) is 0.611. The molecule has 1 aliphatic rings. The lowest BCUT2D eigenvalue weighted by molar-refractivity contribution is 0.0991. The second kappa shape index (κ2) is 4.80. The third kappa shape index (κ3) is 2.71. The van der Waals surface area contributed by atoms with E-state index in [9.17, 15) is 0 Å². The molecule has 2 rings (SSSR count). The van der Waals surface area contributed by atoms with Gasteiger partial charge in [0.1, 0.15) is 5.82 Å². The van der Waals surface area contributed by atoms with Gasteiger partial charge in [-0.05, 0) is 26.1 Å². The van der Waals surface area contributed by atoms with Gasteiger partial charge in [0.25, 0.3) is 0 Å². The summed E-state index contributed by atoms with van der Waals surface area (Å²) in [6.07, 6.45) is 0. The van der Waals surface area contributed by atoms with Crippen LogP contribution < -0.4 is 5.73 Å². The minimum atomic E-state index is 0.611. The van der Waals surface area contributed by atoms with Crippen molar-refractivity contribution >= 4 is 5.82 Å². The van der Waals surface area contributed by atoms with E-state index in [2.05, 4.69) is 28.8 Å². The average molecular weight is 220 g/mol. The number of pyridine rings is 1. The Kier molecular flexibility index (Phi) is 3.41. The molecule has 1 atom stereocenters. The molecule has 1 aromatic rings. The van der Waals surface area contributed by atoms with E-state index >= 15 is 0 Å². The number of piperazine rings is 1. The van der Waals surface area contributed by atoms with Crippen molar-refractivity contribution in [3.63, 3.8) is 0 Å². The van der Waals surface area contributed by atoms with Crippen molar-refractivity contribution in [3.8, 4) is 0 Å². The van der Waals surface area contributed by atoms with Gasteiger partial charge in [0.05, 0.1) is 5.69 Å². The van der Waals surface area contributed by atoms with Crippen LogP contribution in [0.2, 0.25) is 0 Å². The number of aromatic nitrogens is 1. The van der Waals surface area contributed by atoms with E-state index in [1.54, 1.807) is 0 Å². The van der Waals surface area contributed by atoms with Gasteiger partial charge >= 0.3 is 0 Å². The van der Waals surface area contributed by atoms with Crippen molar-refractivity contribution < 1.29 is 0 Å². The lowest BCUT2D eigenvalue weighted by Crippen LogP contribution is -2.49. The van der Waals surface area contributed by atoms with E-state index in [0.717, 1.165) is 31.9 Å². The molecule has 1 unspecified atom stereocenters. The predicted molar refractivity (Wildman–Crippen MR) is 66.0 cm³/mol. The Labute approximate surface area is 97.1 Å². The van der Waals surface area contributed by atoms with E-state index < -0.39 is 0 Å². The topological polar surface area (TPSA) is 45.4 Å². The summed E-state index contributed by atoms with van der Waals surface area (Å²) in [5.41, 5.74) is 6.74. The summed E-state index contributed by atoms with van der Waals surface area (Å²) >= 11 is 0. The van der Waals surface area contributed by atoms with Crippen LogP contribution in [0.1, 0.15) is 12.6 Å². The summed E-state index contributed by atoms with van der Waals surface area (Å²) in [7, 11) is 2.18. The molecular weight excluding hydrogens is 200 g/mol. The highest BCUT2D eigenvalue weighted by Gasteiger charge is 2.20. The fourth-order valence-electron chi connectivity index (χ4n) is 2.08. The predicted octanol–water partition coefficient (Wildman–Crippen LogP) is 0.800. The van der Waals surface area contributed by atoms with E-state index in [4.69, 9.17) is 5.73 Å². The molecule has 0 spiro atoms. The number of rotatable bonds is 2. The van der Waals surface area contributed by atoms with Crippen molar-refractivity contribution in [1.29, 1.82) is 0 Å². The Bertz CT molecular complexity index is 353. The second-order valence-electron chi connectivity index (χ2n) is 4.62. The van der Waals surface area contributed by atoms with Gasteiger partial charge < -0.3 is 10.6 Å². The van der Waals surface area contributed by atoms with Crippen LogP contribution in [0.25, 0.3) is 0 Å². The average Bonchev–Trinajstić information content (AvgIpc) is 2.24. The number of anilines is 1. The Morgan fingerprint density at radius 2 is 2.25 bits per heavy atom. The molecule has 0 aromatic carbocycles. The van der Waals surface area contributed by atoms with E-state index in [0.29, 0.717) is 11.9 Å². The fourth-order valence-corrected chi connectivity index (χ4v) is 2.08. The third-order valence-corrected chi connectivity index (χ3v) is 3.26. The molecule has 0 bridgehead atoms. The van der Waals surface area contributed by atoms with Gasteiger partial charge in [-0.25, -0.2) is 4.98 Å². The first-order valence-electron chi connectivity index (χ1n) is 5.79. The quantitative estimate of drug-likeness (QED) is 0.801. The fraction of sp³-hybridized carbons (Fsp3) is 0.583. The first kappa shape index (κ1) is 11.4. The molecule has 4 nitrogen and oxygen atoms in total. The molecule has 88 valence electrons. The van der Waals surface area contributed by atoms with Gasteiger partial charge in [-0.3, -0.25) is 4.90 Å². The normalized spacial score (nSPS) is 23.5. The van der Waals surface area contributed by atoms with Crippen LogP contribution in [0, 0.1) is 0 Å². The molecule has 0 radical (unpaired) electrons. The van der Waals surface area contributed by atoms with Crippen LogP contribution >= 0.6 is 0 Å². The summed E-state index contributed by atoms with van der Waals surface area (Å²) < 4.78 is 0. The molecule has 1 fully saturated rings. The number of nitrogens with zero attached hydrogens (tertiary/aromatic N) is 3. The van der Waals surface area contributed by atoms with Crippen molar-refractivity contribution in [3.05, 3.63) is 23.9 Å². The Balaban J connectivity index is 1.95. The minimum Gasteiger partial charge on any atom is -0.384 e. The van der Waals surface area contributed by atoms with Crippen LogP contribution in [-0.4, -0.2) is 47.5 Å². The van der Waals surface area contributed by atoms with Crippen molar-refractivity contribution in [2.24, 2.45) is 0 Å². The Morgan fingerprint density at radius 3 is 2.94 bits per heavy atom. The Morgan fingerprint density at radius 1 is 1.44 bits per heavy atom. The standard InChI is InChI=1S/C12H20N4/c1-10-8-16(7-6-15(10)2)9-11-4-3-5-12(13)14-11/h3-5,10H,6-9H2,1-2H3,(H2,13,14). The SMILES string of the molecule is CC1CN(Cc2cccc(N)n2)CCN1C. The van der Waals surface area contributed by atoms with Crippen LogP contribution in [0.4, 0.5) is 5.82 Å². The zero-order valence-electron chi connectivity index (χ0n) is 10.1. The molecule has 1 aliphatic heterocycles. The number of hydrogen-bond acceptors (Lipinski definition) is 4. The molecular formula is C12H20N4. The zero-order valence-corrected chi connectivity index (χ0v) is 10.1. The lowest BCUT2D eigenvalue weighted by Gasteiger charge is -2.37. The van der Waals surface area contributed by atoms with Gasteiger partial charge in [0.15, 0.2) is 0 Å². The molecule has 1 saturated heterocycles. The molecule has 4 heteroatoms. The lowest BCUT2D eigenvalue weighted by atomic mass is 10.2.